The third-order valence-corrected chi connectivity index (χ3v) is 5.68. The van der Waals surface area contributed by atoms with Crippen LogP contribution in [-0.4, -0.2) is 52.5 Å². The number of amides is 1. The molecule has 1 aliphatic rings. The number of carbonyl (C=O) groups is 1. The van der Waals surface area contributed by atoms with Crippen molar-refractivity contribution in [3.8, 4) is 22.8 Å². The molecule has 2 heterocycles. The molecular weight excluding hydrogens is 406 g/mol. The lowest BCUT2D eigenvalue weighted by atomic mass is 9.95. The summed E-state index contributed by atoms with van der Waals surface area (Å²) in [5.41, 5.74) is 4.35. The number of aromatic amines is 1. The average molecular weight is 436 g/mol. The molecular formula is C25H29N3O4. The highest BCUT2D eigenvalue weighted by molar-refractivity contribution is 6.00. The van der Waals surface area contributed by atoms with Crippen LogP contribution in [0.1, 0.15) is 53.5 Å². The van der Waals surface area contributed by atoms with Crippen LogP contribution >= 0.6 is 0 Å². The Labute approximate surface area is 188 Å². The van der Waals surface area contributed by atoms with E-state index in [0.717, 1.165) is 22.4 Å². The fourth-order valence-corrected chi connectivity index (χ4v) is 4.18. The van der Waals surface area contributed by atoms with Gasteiger partial charge in [0.25, 0.3) is 5.91 Å². The highest BCUT2D eigenvalue weighted by Gasteiger charge is 2.42. The maximum Gasteiger partial charge on any atom is 0.273 e. The van der Waals surface area contributed by atoms with Crippen LogP contribution in [-0.2, 0) is 4.74 Å². The summed E-state index contributed by atoms with van der Waals surface area (Å²) in [6.07, 6.45) is 0.860. The molecule has 0 unspecified atom stereocenters. The Morgan fingerprint density at radius 3 is 2.78 bits per heavy atom. The molecule has 4 rings (SSSR count). The number of aromatic nitrogens is 2. The van der Waals surface area contributed by atoms with E-state index in [1.54, 1.807) is 13.2 Å². The van der Waals surface area contributed by atoms with Crippen LogP contribution in [0, 0.1) is 6.92 Å². The van der Waals surface area contributed by atoms with Crippen molar-refractivity contribution in [2.24, 2.45) is 0 Å². The van der Waals surface area contributed by atoms with E-state index >= 15 is 0 Å². The van der Waals surface area contributed by atoms with E-state index in [0.29, 0.717) is 36.5 Å². The fourth-order valence-electron chi connectivity index (χ4n) is 4.18. The summed E-state index contributed by atoms with van der Waals surface area (Å²) in [7, 11) is 1.62. The first-order valence-corrected chi connectivity index (χ1v) is 10.9. The number of aromatic hydroxyl groups is 1. The van der Waals surface area contributed by atoms with Crippen LogP contribution in [0.3, 0.4) is 0 Å². The van der Waals surface area contributed by atoms with Crippen molar-refractivity contribution in [2.45, 2.75) is 39.3 Å². The molecule has 0 radical (unpaired) electrons. The topological polar surface area (TPSA) is 87.7 Å². The molecule has 32 heavy (non-hydrogen) atoms. The molecule has 3 aromatic rings. The SMILES string of the molecule is COc1cccc([C@@H]2c3c(-c4cc(C)ccc4O)n[nH]c3C(=O)N2CCCOC(C)C)c1. The van der Waals surface area contributed by atoms with Gasteiger partial charge in [-0.3, -0.25) is 9.89 Å². The van der Waals surface area contributed by atoms with Crippen LogP contribution in [0.4, 0.5) is 0 Å². The van der Waals surface area contributed by atoms with Crippen LogP contribution < -0.4 is 4.74 Å². The van der Waals surface area contributed by atoms with E-state index in [1.165, 1.54) is 0 Å². The van der Waals surface area contributed by atoms with Gasteiger partial charge < -0.3 is 19.5 Å². The van der Waals surface area contributed by atoms with E-state index in [9.17, 15) is 9.90 Å². The van der Waals surface area contributed by atoms with E-state index in [2.05, 4.69) is 10.2 Å². The van der Waals surface area contributed by atoms with Gasteiger partial charge >= 0.3 is 0 Å². The lowest BCUT2D eigenvalue weighted by Crippen LogP contribution is -2.31. The number of phenols is 1. The Bertz CT molecular complexity index is 1120. The Kier molecular flexibility index (Phi) is 6.19. The van der Waals surface area contributed by atoms with Gasteiger partial charge in [-0.1, -0.05) is 23.8 Å². The highest BCUT2D eigenvalue weighted by Crippen LogP contribution is 2.45. The van der Waals surface area contributed by atoms with Crippen molar-refractivity contribution in [1.29, 1.82) is 0 Å². The number of H-pyrrole nitrogens is 1. The second kappa shape index (κ2) is 9.04. The minimum Gasteiger partial charge on any atom is -0.507 e. The molecule has 0 fully saturated rings. The van der Waals surface area contributed by atoms with E-state index in [1.807, 2.05) is 62.1 Å². The Morgan fingerprint density at radius 1 is 1.22 bits per heavy atom. The number of carbonyl (C=O) groups excluding carboxylic acids is 1. The molecule has 1 aromatic heterocycles. The summed E-state index contributed by atoms with van der Waals surface area (Å²) in [4.78, 5) is 15.2. The van der Waals surface area contributed by atoms with Crippen molar-refractivity contribution < 1.29 is 19.4 Å². The Hall–Kier alpha value is -3.32. The number of phenolic OH excluding ortho intramolecular Hbond substituents is 1. The summed E-state index contributed by atoms with van der Waals surface area (Å²) in [5.74, 6) is 0.740. The molecule has 0 spiro atoms. The quantitative estimate of drug-likeness (QED) is 0.510. The van der Waals surface area contributed by atoms with Gasteiger partial charge in [0, 0.05) is 24.3 Å². The summed E-state index contributed by atoms with van der Waals surface area (Å²) in [6.45, 7) is 7.06. The highest BCUT2D eigenvalue weighted by atomic mass is 16.5. The number of nitrogens with zero attached hydrogens (tertiary/aromatic N) is 2. The van der Waals surface area contributed by atoms with E-state index < -0.39 is 0 Å². The smallest absolute Gasteiger partial charge is 0.273 e. The van der Waals surface area contributed by atoms with Crippen molar-refractivity contribution in [3.63, 3.8) is 0 Å². The van der Waals surface area contributed by atoms with Crippen LogP contribution in [0.15, 0.2) is 42.5 Å². The zero-order valence-electron chi connectivity index (χ0n) is 18.9. The van der Waals surface area contributed by atoms with Crippen LogP contribution in [0.25, 0.3) is 11.3 Å². The maximum absolute atomic E-state index is 13.4. The standard InChI is InChI=1S/C25H29N3O4/c1-15(2)32-12-6-11-28-24(17-7-5-8-18(14-17)31-4)21-22(26-27-23(21)25(28)30)19-13-16(3)9-10-20(19)29/h5,7-10,13-15,24,29H,6,11-12H2,1-4H3,(H,26,27)/t24-/m1/s1. The van der Waals surface area contributed by atoms with Crippen molar-refractivity contribution in [1.82, 2.24) is 15.1 Å². The zero-order chi connectivity index (χ0) is 22.8. The summed E-state index contributed by atoms with van der Waals surface area (Å²) < 4.78 is 11.1. The number of aryl methyl sites for hydroxylation is 1. The predicted molar refractivity (Wildman–Crippen MR) is 122 cm³/mol. The van der Waals surface area contributed by atoms with Gasteiger partial charge in [0.2, 0.25) is 0 Å². The predicted octanol–water partition coefficient (Wildman–Crippen LogP) is 4.46. The number of hydrogen-bond acceptors (Lipinski definition) is 5. The summed E-state index contributed by atoms with van der Waals surface area (Å²) in [6, 6.07) is 12.8. The van der Waals surface area contributed by atoms with Crippen molar-refractivity contribution in [2.75, 3.05) is 20.3 Å². The summed E-state index contributed by atoms with van der Waals surface area (Å²) in [5, 5.41) is 17.9. The maximum atomic E-state index is 13.4. The largest absolute Gasteiger partial charge is 0.507 e. The molecule has 0 saturated heterocycles. The lowest BCUT2D eigenvalue weighted by Gasteiger charge is -2.27. The Balaban J connectivity index is 1.78. The number of benzene rings is 2. The minimum absolute atomic E-state index is 0.108. The molecule has 0 saturated carbocycles. The molecule has 1 amide bonds. The number of methoxy groups -OCH3 is 1. The number of nitrogens with one attached hydrogen (secondary N) is 1. The number of ether oxygens (including phenoxy) is 2. The number of rotatable bonds is 8. The van der Waals surface area contributed by atoms with Crippen molar-refractivity contribution in [3.05, 3.63) is 64.8 Å². The molecule has 1 aliphatic heterocycles. The van der Waals surface area contributed by atoms with Gasteiger partial charge in [-0.15, -0.1) is 0 Å². The van der Waals surface area contributed by atoms with Crippen LogP contribution in [0.5, 0.6) is 11.5 Å². The third kappa shape index (κ3) is 4.08. The Morgan fingerprint density at radius 2 is 2.03 bits per heavy atom. The van der Waals surface area contributed by atoms with Gasteiger partial charge in [0.05, 0.1) is 19.3 Å². The molecule has 7 nitrogen and oxygen atoms in total. The number of hydrogen-bond donors (Lipinski definition) is 2. The van der Waals surface area contributed by atoms with Gasteiger partial charge in [-0.05, 0) is 57.0 Å². The second-order valence-electron chi connectivity index (χ2n) is 8.33. The lowest BCUT2D eigenvalue weighted by molar-refractivity contribution is 0.0601. The van der Waals surface area contributed by atoms with Gasteiger partial charge in [-0.2, -0.15) is 5.10 Å². The molecule has 2 aromatic carbocycles. The molecule has 0 bridgehead atoms. The number of fused-ring (bicyclic) bond motifs is 1. The van der Waals surface area contributed by atoms with Gasteiger partial charge in [0.1, 0.15) is 22.9 Å². The molecule has 168 valence electrons. The first-order valence-electron chi connectivity index (χ1n) is 10.9. The van der Waals surface area contributed by atoms with Gasteiger partial charge in [-0.25, -0.2) is 0 Å². The molecule has 0 aliphatic carbocycles. The molecule has 7 heteroatoms. The first-order chi connectivity index (χ1) is 15.4. The fraction of sp³-hybridized carbons (Fsp3) is 0.360. The third-order valence-electron chi connectivity index (χ3n) is 5.68. The van der Waals surface area contributed by atoms with Crippen LogP contribution in [0.2, 0.25) is 0 Å². The van der Waals surface area contributed by atoms with E-state index in [-0.39, 0.29) is 23.8 Å². The van der Waals surface area contributed by atoms with Crippen molar-refractivity contribution >= 4 is 5.91 Å². The minimum atomic E-state index is -0.347. The monoisotopic (exact) mass is 435 g/mol. The average Bonchev–Trinajstić information content (AvgIpc) is 3.32. The first kappa shape index (κ1) is 21.9. The normalized spacial score (nSPS) is 15.5. The second-order valence-corrected chi connectivity index (χ2v) is 8.33. The van der Waals surface area contributed by atoms with Gasteiger partial charge in [0.15, 0.2) is 0 Å². The summed E-state index contributed by atoms with van der Waals surface area (Å²) >= 11 is 0. The van der Waals surface area contributed by atoms with E-state index in [4.69, 9.17) is 9.47 Å². The zero-order valence-corrected chi connectivity index (χ0v) is 18.9. The molecule has 2 N–H and O–H groups in total. The molecule has 1 atom stereocenters.